The largest absolute Gasteiger partial charge is 0.481 e. The van der Waals surface area contributed by atoms with Gasteiger partial charge in [-0.1, -0.05) is 6.92 Å². The number of carbonyl (C=O) groups excluding carboxylic acids is 1. The van der Waals surface area contributed by atoms with E-state index in [1.807, 2.05) is 0 Å². The maximum Gasteiger partial charge on any atom is 0.307 e. The number of piperidine rings is 1. The van der Waals surface area contributed by atoms with Crippen LogP contribution in [-0.2, 0) is 9.59 Å². The number of likely N-dealkylation sites (tertiary alicyclic amines) is 1. The van der Waals surface area contributed by atoms with E-state index < -0.39 is 5.97 Å². The van der Waals surface area contributed by atoms with Gasteiger partial charge in [-0.2, -0.15) is 0 Å². The first-order valence-corrected chi connectivity index (χ1v) is 6.60. The highest BCUT2D eigenvalue weighted by molar-refractivity contribution is 5.80. The molecule has 1 aliphatic carbocycles. The highest BCUT2D eigenvalue weighted by atomic mass is 16.4. The van der Waals surface area contributed by atoms with Crippen molar-refractivity contribution in [1.29, 1.82) is 0 Å². The molecule has 96 valence electrons. The number of aliphatic carboxylic acids is 1. The molecule has 0 aromatic carbocycles. The molecule has 1 heterocycles. The minimum absolute atomic E-state index is 0.276. The molecule has 0 aromatic heterocycles. The van der Waals surface area contributed by atoms with E-state index in [0.717, 1.165) is 19.4 Å². The van der Waals surface area contributed by atoms with E-state index >= 15 is 0 Å². The maximum absolute atomic E-state index is 11.5. The zero-order valence-electron chi connectivity index (χ0n) is 10.4. The molecule has 0 aromatic rings. The number of carboxylic acids is 1. The van der Waals surface area contributed by atoms with Crippen molar-refractivity contribution in [2.45, 2.75) is 45.1 Å². The van der Waals surface area contributed by atoms with Crippen LogP contribution in [0.3, 0.4) is 0 Å². The molecule has 3 unspecified atom stereocenters. The fourth-order valence-electron chi connectivity index (χ4n) is 3.38. The monoisotopic (exact) mass is 239 g/mol. The summed E-state index contributed by atoms with van der Waals surface area (Å²) in [7, 11) is 0. The summed E-state index contributed by atoms with van der Waals surface area (Å²) < 4.78 is 0. The van der Waals surface area contributed by atoms with Crippen molar-refractivity contribution in [1.82, 2.24) is 4.90 Å². The molecule has 4 heteroatoms. The lowest BCUT2D eigenvalue weighted by Gasteiger charge is -2.45. The van der Waals surface area contributed by atoms with Crippen LogP contribution in [0.4, 0.5) is 0 Å². The molecular formula is C13H21NO3. The summed E-state index contributed by atoms with van der Waals surface area (Å²) >= 11 is 0. The number of hydrogen-bond donors (Lipinski definition) is 1. The molecule has 0 bridgehead atoms. The van der Waals surface area contributed by atoms with Crippen molar-refractivity contribution < 1.29 is 14.7 Å². The summed E-state index contributed by atoms with van der Waals surface area (Å²) in [5.41, 5.74) is 0. The third kappa shape index (κ3) is 2.68. The lowest BCUT2D eigenvalue weighted by Crippen LogP contribution is -2.52. The number of hydrogen-bond acceptors (Lipinski definition) is 3. The normalized spacial score (nSPS) is 34.4. The zero-order valence-corrected chi connectivity index (χ0v) is 10.4. The summed E-state index contributed by atoms with van der Waals surface area (Å²) in [6.07, 6.45) is 3.93. The van der Waals surface area contributed by atoms with Crippen molar-refractivity contribution >= 4 is 11.8 Å². The van der Waals surface area contributed by atoms with Crippen LogP contribution in [0.15, 0.2) is 0 Å². The van der Waals surface area contributed by atoms with Gasteiger partial charge >= 0.3 is 5.97 Å². The number of Topliss-reactive ketones (excluding diaryl/α,β-unsaturated/α-hetero) is 1. The van der Waals surface area contributed by atoms with E-state index in [0.29, 0.717) is 37.6 Å². The fourth-order valence-corrected chi connectivity index (χ4v) is 3.38. The molecular weight excluding hydrogens is 218 g/mol. The molecule has 1 aliphatic heterocycles. The number of fused-ring (bicyclic) bond motifs is 1. The average molecular weight is 239 g/mol. The fraction of sp³-hybridized carbons (Fsp3) is 0.846. The minimum atomic E-state index is -0.706. The Bertz CT molecular complexity index is 316. The quantitative estimate of drug-likeness (QED) is 0.811. The smallest absolute Gasteiger partial charge is 0.307 e. The predicted octanol–water partition coefficient (Wildman–Crippen LogP) is 1.54. The first-order chi connectivity index (χ1) is 8.11. The molecule has 0 amide bonds. The first kappa shape index (κ1) is 12.6. The lowest BCUT2D eigenvalue weighted by molar-refractivity contribution is -0.147. The van der Waals surface area contributed by atoms with Crippen LogP contribution < -0.4 is 0 Å². The summed E-state index contributed by atoms with van der Waals surface area (Å²) in [4.78, 5) is 24.9. The van der Waals surface area contributed by atoms with E-state index in [1.54, 1.807) is 0 Å². The summed E-state index contributed by atoms with van der Waals surface area (Å²) in [6, 6.07) is 0.447. The van der Waals surface area contributed by atoms with Gasteiger partial charge in [0.1, 0.15) is 5.78 Å². The third-order valence-corrected chi connectivity index (χ3v) is 4.12. The van der Waals surface area contributed by atoms with Gasteiger partial charge in [0.05, 0.1) is 5.92 Å². The number of ketones is 1. The van der Waals surface area contributed by atoms with Gasteiger partial charge in [-0.3, -0.25) is 14.5 Å². The van der Waals surface area contributed by atoms with E-state index in [1.165, 1.54) is 0 Å². The van der Waals surface area contributed by atoms with E-state index in [-0.39, 0.29) is 11.8 Å². The molecule has 0 radical (unpaired) electrons. The molecule has 1 saturated heterocycles. The van der Waals surface area contributed by atoms with Crippen LogP contribution in [0.1, 0.15) is 39.0 Å². The molecule has 0 spiro atoms. The van der Waals surface area contributed by atoms with Crippen molar-refractivity contribution in [3.05, 3.63) is 0 Å². The Morgan fingerprint density at radius 3 is 2.94 bits per heavy atom. The molecule has 3 atom stereocenters. The van der Waals surface area contributed by atoms with Gasteiger partial charge < -0.3 is 5.11 Å². The minimum Gasteiger partial charge on any atom is -0.481 e. The van der Waals surface area contributed by atoms with Crippen LogP contribution in [-0.4, -0.2) is 40.9 Å². The van der Waals surface area contributed by atoms with Gasteiger partial charge in [0.15, 0.2) is 0 Å². The number of carboxylic acid groups (broad SMARTS) is 1. The molecule has 1 N–H and O–H groups in total. The van der Waals surface area contributed by atoms with Crippen LogP contribution in [0, 0.1) is 11.8 Å². The van der Waals surface area contributed by atoms with E-state index in [2.05, 4.69) is 11.8 Å². The van der Waals surface area contributed by atoms with Crippen LogP contribution >= 0.6 is 0 Å². The SMILES string of the molecule is CCCN1CC(C(=O)O)CC2CC(=O)CCC21. The molecule has 4 nitrogen and oxygen atoms in total. The van der Waals surface area contributed by atoms with Gasteiger partial charge in [-0.15, -0.1) is 0 Å². The maximum atomic E-state index is 11.5. The molecule has 2 rings (SSSR count). The standard InChI is InChI=1S/C13H21NO3/c1-2-5-14-8-10(13(16)17)6-9-7-11(15)3-4-12(9)14/h9-10,12H,2-8H2,1H3,(H,16,17). The predicted molar refractivity (Wildman–Crippen MR) is 63.7 cm³/mol. The van der Waals surface area contributed by atoms with Crippen molar-refractivity contribution in [2.75, 3.05) is 13.1 Å². The third-order valence-electron chi connectivity index (χ3n) is 4.12. The Hall–Kier alpha value is -0.900. The Labute approximate surface area is 102 Å². The second-order valence-electron chi connectivity index (χ2n) is 5.37. The van der Waals surface area contributed by atoms with Gasteiger partial charge in [0.2, 0.25) is 0 Å². The second kappa shape index (κ2) is 5.17. The summed E-state index contributed by atoms with van der Waals surface area (Å²) in [6.45, 7) is 3.74. The first-order valence-electron chi connectivity index (χ1n) is 6.60. The molecule has 17 heavy (non-hydrogen) atoms. The number of carbonyl (C=O) groups is 2. The molecule has 2 aliphatic rings. The zero-order chi connectivity index (χ0) is 12.4. The summed E-state index contributed by atoms with van der Waals surface area (Å²) in [5.74, 6) is -0.400. The molecule has 2 fully saturated rings. The van der Waals surface area contributed by atoms with E-state index in [9.17, 15) is 9.59 Å². The Morgan fingerprint density at radius 1 is 1.53 bits per heavy atom. The van der Waals surface area contributed by atoms with Gasteiger partial charge in [-0.05, 0) is 31.7 Å². The Morgan fingerprint density at radius 2 is 2.29 bits per heavy atom. The molecule has 1 saturated carbocycles. The van der Waals surface area contributed by atoms with Gasteiger partial charge in [0, 0.05) is 25.4 Å². The van der Waals surface area contributed by atoms with Crippen LogP contribution in [0.25, 0.3) is 0 Å². The van der Waals surface area contributed by atoms with E-state index in [4.69, 9.17) is 5.11 Å². The van der Waals surface area contributed by atoms with Gasteiger partial charge in [0.25, 0.3) is 0 Å². The van der Waals surface area contributed by atoms with Crippen LogP contribution in [0.2, 0.25) is 0 Å². The highest BCUT2D eigenvalue weighted by Crippen LogP contribution is 2.36. The Kier molecular flexibility index (Phi) is 3.82. The van der Waals surface area contributed by atoms with Gasteiger partial charge in [-0.25, -0.2) is 0 Å². The van der Waals surface area contributed by atoms with Crippen LogP contribution in [0.5, 0.6) is 0 Å². The second-order valence-corrected chi connectivity index (χ2v) is 5.37. The van der Waals surface area contributed by atoms with Crippen molar-refractivity contribution in [3.8, 4) is 0 Å². The topological polar surface area (TPSA) is 57.6 Å². The Balaban J connectivity index is 2.10. The van der Waals surface area contributed by atoms with Crippen molar-refractivity contribution in [2.24, 2.45) is 11.8 Å². The number of nitrogens with zero attached hydrogens (tertiary/aromatic N) is 1. The number of rotatable bonds is 3. The lowest BCUT2D eigenvalue weighted by atomic mass is 9.74. The van der Waals surface area contributed by atoms with Crippen molar-refractivity contribution in [3.63, 3.8) is 0 Å². The average Bonchev–Trinajstić information content (AvgIpc) is 2.28. The summed E-state index contributed by atoms with van der Waals surface area (Å²) in [5, 5.41) is 9.17. The highest BCUT2D eigenvalue weighted by Gasteiger charge is 2.41.